The molecular formula is C22H28O5. The zero-order chi connectivity index (χ0) is 20.0. The van der Waals surface area contributed by atoms with Crippen LogP contribution >= 0.6 is 0 Å². The summed E-state index contributed by atoms with van der Waals surface area (Å²) in [4.78, 5) is 12.0. The minimum absolute atomic E-state index is 0.0783. The number of ether oxygens (including phenoxy) is 2. The standard InChI is InChI=1S/C22H28O5/c1-14(2)8-6-9-16(5)12-13-25-21-17-10-7-11-18(26-15(3)4)20(17)27-22(24)19(21)23/h7-8,10-12,15,23H,6,9,13H2,1-5H3/b16-12+. The van der Waals surface area contributed by atoms with Crippen molar-refractivity contribution in [3.05, 3.63) is 51.9 Å². The van der Waals surface area contributed by atoms with Crippen LogP contribution < -0.4 is 15.1 Å². The SMILES string of the molecule is CC(C)=CCC/C(C)=C/COc1c(O)c(=O)oc2c(OC(C)C)cccc12. The van der Waals surface area contributed by atoms with Crippen LogP contribution in [-0.2, 0) is 0 Å². The van der Waals surface area contributed by atoms with Gasteiger partial charge >= 0.3 is 5.63 Å². The van der Waals surface area contributed by atoms with Crippen LogP contribution in [0.5, 0.6) is 17.2 Å². The summed E-state index contributed by atoms with van der Waals surface area (Å²) in [7, 11) is 0. The van der Waals surface area contributed by atoms with Gasteiger partial charge in [0.2, 0.25) is 5.75 Å². The fourth-order valence-corrected chi connectivity index (χ4v) is 2.61. The van der Waals surface area contributed by atoms with E-state index >= 15 is 0 Å². The first-order chi connectivity index (χ1) is 12.8. The van der Waals surface area contributed by atoms with Gasteiger partial charge in [-0.2, -0.15) is 0 Å². The third-order valence-electron chi connectivity index (χ3n) is 3.94. The minimum Gasteiger partial charge on any atom is -0.499 e. The van der Waals surface area contributed by atoms with Crippen molar-refractivity contribution in [3.63, 3.8) is 0 Å². The Morgan fingerprint density at radius 1 is 1.22 bits per heavy atom. The number of hydrogen-bond acceptors (Lipinski definition) is 5. The van der Waals surface area contributed by atoms with Gasteiger partial charge in [-0.25, -0.2) is 4.79 Å². The molecule has 0 fully saturated rings. The molecule has 146 valence electrons. The fraction of sp³-hybridized carbons (Fsp3) is 0.409. The molecule has 0 aliphatic rings. The van der Waals surface area contributed by atoms with Crippen molar-refractivity contribution in [2.45, 2.75) is 53.6 Å². The second kappa shape index (κ2) is 9.31. The Morgan fingerprint density at radius 2 is 1.96 bits per heavy atom. The largest absolute Gasteiger partial charge is 0.499 e. The highest BCUT2D eigenvalue weighted by Gasteiger charge is 2.18. The average molecular weight is 372 g/mol. The molecule has 2 rings (SSSR count). The maximum absolute atomic E-state index is 12.0. The van der Waals surface area contributed by atoms with Crippen molar-refractivity contribution in [2.75, 3.05) is 6.61 Å². The van der Waals surface area contributed by atoms with Crippen LogP contribution in [0.3, 0.4) is 0 Å². The summed E-state index contributed by atoms with van der Waals surface area (Å²) < 4.78 is 16.7. The monoisotopic (exact) mass is 372 g/mol. The van der Waals surface area contributed by atoms with E-state index in [1.807, 2.05) is 26.8 Å². The lowest BCUT2D eigenvalue weighted by atomic mass is 10.1. The molecule has 1 heterocycles. The van der Waals surface area contributed by atoms with Crippen LogP contribution in [0.4, 0.5) is 0 Å². The number of fused-ring (bicyclic) bond motifs is 1. The van der Waals surface area contributed by atoms with Gasteiger partial charge in [0, 0.05) is 0 Å². The molecule has 2 aromatic rings. The molecule has 0 aliphatic heterocycles. The van der Waals surface area contributed by atoms with Crippen LogP contribution in [0.25, 0.3) is 11.0 Å². The number of aromatic hydroxyl groups is 1. The first-order valence-corrected chi connectivity index (χ1v) is 9.16. The molecule has 27 heavy (non-hydrogen) atoms. The van der Waals surface area contributed by atoms with Crippen molar-refractivity contribution in [1.29, 1.82) is 0 Å². The molecule has 0 saturated heterocycles. The number of hydrogen-bond donors (Lipinski definition) is 1. The van der Waals surface area contributed by atoms with Crippen LogP contribution in [0, 0.1) is 0 Å². The third-order valence-corrected chi connectivity index (χ3v) is 3.94. The molecule has 0 aliphatic carbocycles. The quantitative estimate of drug-likeness (QED) is 0.499. The molecule has 1 aromatic carbocycles. The lowest BCUT2D eigenvalue weighted by molar-refractivity contribution is 0.241. The highest BCUT2D eigenvalue weighted by molar-refractivity contribution is 5.89. The second-order valence-electron chi connectivity index (χ2n) is 7.05. The van der Waals surface area contributed by atoms with Crippen LogP contribution in [0.1, 0.15) is 47.5 Å². The third kappa shape index (κ3) is 5.64. The number of rotatable bonds is 8. The van der Waals surface area contributed by atoms with Crippen molar-refractivity contribution in [3.8, 4) is 17.2 Å². The van der Waals surface area contributed by atoms with Crippen molar-refractivity contribution in [1.82, 2.24) is 0 Å². The van der Waals surface area contributed by atoms with Gasteiger partial charge in [0.15, 0.2) is 17.1 Å². The Bertz CT molecular complexity index is 899. The number of allylic oxidation sites excluding steroid dienone is 3. The topological polar surface area (TPSA) is 68.9 Å². The Hall–Kier alpha value is -2.69. The molecule has 0 unspecified atom stereocenters. The Kier molecular flexibility index (Phi) is 7.11. The summed E-state index contributed by atoms with van der Waals surface area (Å²) in [5.41, 5.74) is 1.91. The normalized spacial score (nSPS) is 11.7. The van der Waals surface area contributed by atoms with E-state index in [2.05, 4.69) is 19.9 Å². The summed E-state index contributed by atoms with van der Waals surface area (Å²) in [6.07, 6.45) is 5.97. The molecule has 1 aromatic heterocycles. The molecule has 5 nitrogen and oxygen atoms in total. The molecule has 0 spiro atoms. The summed E-state index contributed by atoms with van der Waals surface area (Å²) in [5, 5.41) is 10.6. The average Bonchev–Trinajstić information content (AvgIpc) is 2.58. The van der Waals surface area contributed by atoms with Gasteiger partial charge in [-0.05, 0) is 65.7 Å². The van der Waals surface area contributed by atoms with Gasteiger partial charge in [0.25, 0.3) is 0 Å². The fourth-order valence-electron chi connectivity index (χ4n) is 2.61. The molecule has 0 radical (unpaired) electrons. The maximum atomic E-state index is 12.0. The molecule has 1 N–H and O–H groups in total. The van der Waals surface area contributed by atoms with E-state index < -0.39 is 11.4 Å². The lowest BCUT2D eigenvalue weighted by Gasteiger charge is -2.13. The summed E-state index contributed by atoms with van der Waals surface area (Å²) >= 11 is 0. The second-order valence-corrected chi connectivity index (χ2v) is 7.05. The van der Waals surface area contributed by atoms with Crippen LogP contribution in [0.2, 0.25) is 0 Å². The van der Waals surface area contributed by atoms with Gasteiger partial charge in [-0.15, -0.1) is 0 Å². The lowest BCUT2D eigenvalue weighted by Crippen LogP contribution is -2.08. The highest BCUT2D eigenvalue weighted by Crippen LogP contribution is 2.36. The van der Waals surface area contributed by atoms with E-state index in [0.29, 0.717) is 11.1 Å². The molecule has 0 amide bonds. The smallest absolute Gasteiger partial charge is 0.382 e. The van der Waals surface area contributed by atoms with Gasteiger partial charge in [0.1, 0.15) is 6.61 Å². The number of para-hydroxylation sites is 1. The van der Waals surface area contributed by atoms with Gasteiger partial charge in [-0.3, -0.25) is 0 Å². The van der Waals surface area contributed by atoms with Crippen molar-refractivity contribution >= 4 is 11.0 Å². The van der Waals surface area contributed by atoms with E-state index in [9.17, 15) is 9.90 Å². The minimum atomic E-state index is -0.846. The molecule has 0 saturated carbocycles. The Labute approximate surface area is 159 Å². The van der Waals surface area contributed by atoms with E-state index in [1.165, 1.54) is 11.1 Å². The van der Waals surface area contributed by atoms with E-state index in [-0.39, 0.29) is 24.0 Å². The molecular weight excluding hydrogens is 344 g/mol. The van der Waals surface area contributed by atoms with Gasteiger partial charge < -0.3 is 19.0 Å². The highest BCUT2D eigenvalue weighted by atomic mass is 16.5. The summed E-state index contributed by atoms with van der Waals surface area (Å²) in [6, 6.07) is 5.22. The first-order valence-electron chi connectivity index (χ1n) is 9.16. The van der Waals surface area contributed by atoms with E-state index in [1.54, 1.807) is 18.2 Å². The summed E-state index contributed by atoms with van der Waals surface area (Å²) in [5.74, 6) is 0.0292. The Balaban J connectivity index is 2.26. The predicted octanol–water partition coefficient (Wildman–Crippen LogP) is 5.36. The van der Waals surface area contributed by atoms with Crippen LogP contribution in [-0.4, -0.2) is 17.8 Å². The Morgan fingerprint density at radius 3 is 2.63 bits per heavy atom. The zero-order valence-electron chi connectivity index (χ0n) is 16.7. The molecule has 0 atom stereocenters. The van der Waals surface area contributed by atoms with Gasteiger partial charge in [0.05, 0.1) is 11.5 Å². The van der Waals surface area contributed by atoms with E-state index in [4.69, 9.17) is 13.9 Å². The van der Waals surface area contributed by atoms with Crippen LogP contribution in [0.15, 0.2) is 50.7 Å². The number of benzene rings is 1. The molecule has 5 heteroatoms. The maximum Gasteiger partial charge on any atom is 0.382 e. The first kappa shape index (κ1) is 20.6. The van der Waals surface area contributed by atoms with Crippen molar-refractivity contribution in [2.24, 2.45) is 0 Å². The molecule has 0 bridgehead atoms. The van der Waals surface area contributed by atoms with Crippen molar-refractivity contribution < 1.29 is 19.0 Å². The predicted molar refractivity (Wildman–Crippen MR) is 108 cm³/mol. The van der Waals surface area contributed by atoms with E-state index in [0.717, 1.165) is 12.8 Å². The van der Waals surface area contributed by atoms with Gasteiger partial charge in [-0.1, -0.05) is 23.3 Å². The summed E-state index contributed by atoms with van der Waals surface area (Å²) in [6.45, 7) is 10.2. The zero-order valence-corrected chi connectivity index (χ0v) is 16.7.